The van der Waals surface area contributed by atoms with Gasteiger partial charge >= 0.3 is 0 Å². The molecule has 0 saturated carbocycles. The lowest BCUT2D eigenvalue weighted by atomic mass is 10.0. The average molecular weight is 460 g/mol. The second-order valence-corrected chi connectivity index (χ2v) is 9.98. The molecule has 0 amide bonds. The Morgan fingerprint density at radius 3 is 2.41 bits per heavy atom. The first-order valence-electron chi connectivity index (χ1n) is 11.2. The van der Waals surface area contributed by atoms with E-state index in [9.17, 15) is 13.2 Å². The van der Waals surface area contributed by atoms with Gasteiger partial charge in [-0.1, -0.05) is 18.2 Å². The first kappa shape index (κ1) is 24.1. The van der Waals surface area contributed by atoms with E-state index in [0.29, 0.717) is 23.4 Å². The third kappa shape index (κ3) is 6.71. The van der Waals surface area contributed by atoms with Crippen LogP contribution in [0, 0.1) is 0 Å². The van der Waals surface area contributed by atoms with E-state index in [-0.39, 0.29) is 11.5 Å². The zero-order valence-corrected chi connectivity index (χ0v) is 19.7. The Morgan fingerprint density at radius 2 is 1.75 bits per heavy atom. The Labute approximate surface area is 191 Å². The van der Waals surface area contributed by atoms with E-state index in [1.54, 1.807) is 25.1 Å². The number of hydrogen-bond acceptors (Lipinski definition) is 6. The lowest BCUT2D eigenvalue weighted by Gasteiger charge is -2.36. The smallest absolute Gasteiger partial charge is 0.232 e. The molecule has 0 bridgehead atoms. The van der Waals surface area contributed by atoms with Gasteiger partial charge in [0.2, 0.25) is 10.0 Å². The summed E-state index contributed by atoms with van der Waals surface area (Å²) in [4.78, 5) is 17.5. The summed E-state index contributed by atoms with van der Waals surface area (Å²) in [6.07, 6.45) is 2.21. The van der Waals surface area contributed by atoms with Crippen molar-refractivity contribution in [3.8, 4) is 5.75 Å². The molecule has 1 fully saturated rings. The van der Waals surface area contributed by atoms with Crippen molar-refractivity contribution in [2.45, 2.75) is 26.2 Å². The summed E-state index contributed by atoms with van der Waals surface area (Å²) < 4.78 is 31.6. The first-order valence-corrected chi connectivity index (χ1v) is 12.8. The fourth-order valence-corrected chi connectivity index (χ4v) is 4.47. The van der Waals surface area contributed by atoms with E-state index in [2.05, 4.69) is 38.8 Å². The number of sulfonamides is 1. The van der Waals surface area contributed by atoms with Gasteiger partial charge in [0.25, 0.3) is 0 Å². The van der Waals surface area contributed by atoms with Crippen molar-refractivity contribution in [1.29, 1.82) is 0 Å². The van der Waals surface area contributed by atoms with Gasteiger partial charge in [0, 0.05) is 43.9 Å². The second kappa shape index (κ2) is 11.3. The van der Waals surface area contributed by atoms with Gasteiger partial charge in [-0.15, -0.1) is 0 Å². The minimum atomic E-state index is -3.45. The number of benzene rings is 2. The van der Waals surface area contributed by atoms with Gasteiger partial charge in [-0.05, 0) is 56.6 Å². The number of unbranched alkanes of at least 4 members (excludes halogenated alkanes) is 1. The van der Waals surface area contributed by atoms with Gasteiger partial charge in [-0.2, -0.15) is 0 Å². The summed E-state index contributed by atoms with van der Waals surface area (Å²) in [5, 5.41) is 0. The van der Waals surface area contributed by atoms with Gasteiger partial charge in [0.15, 0.2) is 5.78 Å². The molecule has 0 unspecified atom stereocenters. The van der Waals surface area contributed by atoms with E-state index in [0.717, 1.165) is 45.6 Å². The predicted octanol–water partition coefficient (Wildman–Crippen LogP) is 3.63. The lowest BCUT2D eigenvalue weighted by Crippen LogP contribution is -2.46. The van der Waals surface area contributed by atoms with E-state index < -0.39 is 10.0 Å². The van der Waals surface area contributed by atoms with Crippen molar-refractivity contribution in [2.75, 3.05) is 55.2 Å². The molecule has 32 heavy (non-hydrogen) atoms. The van der Waals surface area contributed by atoms with Crippen LogP contribution in [-0.4, -0.2) is 64.7 Å². The molecule has 1 saturated heterocycles. The summed E-state index contributed by atoms with van der Waals surface area (Å²) in [6.45, 7) is 6.65. The van der Waals surface area contributed by atoms with Gasteiger partial charge < -0.3 is 9.64 Å². The average Bonchev–Trinajstić information content (AvgIpc) is 2.82. The molecule has 8 heteroatoms. The summed E-state index contributed by atoms with van der Waals surface area (Å²) in [7, 11) is -1.98. The molecule has 2 aromatic carbocycles. The van der Waals surface area contributed by atoms with Crippen molar-refractivity contribution in [3.63, 3.8) is 0 Å². The first-order chi connectivity index (χ1) is 15.4. The molecule has 3 rings (SSSR count). The van der Waals surface area contributed by atoms with Crippen LogP contribution >= 0.6 is 0 Å². The Morgan fingerprint density at radius 1 is 1.03 bits per heavy atom. The lowest BCUT2D eigenvalue weighted by molar-refractivity contribution is 0.0977. The number of para-hydroxylation sites is 1. The highest BCUT2D eigenvalue weighted by atomic mass is 32.2. The van der Waals surface area contributed by atoms with Gasteiger partial charge in [0.1, 0.15) is 5.75 Å². The number of methoxy groups -OCH3 is 1. The normalized spacial score (nSPS) is 14.9. The van der Waals surface area contributed by atoms with E-state index in [1.165, 1.54) is 12.8 Å². The van der Waals surface area contributed by atoms with Crippen LogP contribution in [-0.2, 0) is 10.0 Å². The van der Waals surface area contributed by atoms with Gasteiger partial charge in [-0.25, -0.2) is 8.42 Å². The number of ketones is 1. The van der Waals surface area contributed by atoms with Gasteiger partial charge in [-0.3, -0.25) is 14.4 Å². The number of nitrogens with one attached hydrogen (secondary N) is 1. The fourth-order valence-electron chi connectivity index (χ4n) is 3.83. The molecular formula is C24H33N3O4S. The zero-order chi connectivity index (χ0) is 23.0. The molecule has 0 spiro atoms. The third-order valence-corrected chi connectivity index (χ3v) is 7.08. The summed E-state index contributed by atoms with van der Waals surface area (Å²) in [5.74, 6) is 0.361. The quantitative estimate of drug-likeness (QED) is 0.408. The number of ether oxygens (including phenoxy) is 1. The summed E-state index contributed by atoms with van der Waals surface area (Å²) in [5.41, 5.74) is 2.07. The van der Waals surface area contributed by atoms with E-state index in [1.807, 2.05) is 6.07 Å². The van der Waals surface area contributed by atoms with Crippen molar-refractivity contribution in [2.24, 2.45) is 0 Å². The van der Waals surface area contributed by atoms with Crippen molar-refractivity contribution in [1.82, 2.24) is 4.90 Å². The molecule has 1 aliphatic heterocycles. The second-order valence-electron chi connectivity index (χ2n) is 7.97. The SMILES string of the molecule is CCS(=O)(=O)Nc1cc(C(=O)CCCCN2CCN(c3ccccc3)CC2)ccc1OC. The zero-order valence-electron chi connectivity index (χ0n) is 18.9. The number of hydrogen-bond donors (Lipinski definition) is 1. The molecule has 1 heterocycles. The number of carbonyl (C=O) groups excluding carboxylic acids is 1. The third-order valence-electron chi connectivity index (χ3n) is 5.79. The standard InChI is InChI=1S/C24H33N3O4S/c1-3-32(29,30)25-22-19-20(12-13-24(22)31-2)23(28)11-7-8-14-26-15-17-27(18-16-26)21-9-5-4-6-10-21/h4-6,9-10,12-13,19,25H,3,7-8,11,14-18H2,1-2H3. The number of rotatable bonds is 11. The molecule has 1 N–H and O–H groups in total. The Hall–Kier alpha value is -2.58. The Kier molecular flexibility index (Phi) is 8.53. The minimum absolute atomic E-state index is 0.0125. The minimum Gasteiger partial charge on any atom is -0.495 e. The van der Waals surface area contributed by atoms with E-state index in [4.69, 9.17) is 4.74 Å². The van der Waals surface area contributed by atoms with Crippen molar-refractivity contribution < 1.29 is 17.9 Å². The topological polar surface area (TPSA) is 79.0 Å². The van der Waals surface area contributed by atoms with E-state index >= 15 is 0 Å². The van der Waals surface area contributed by atoms with Crippen LogP contribution in [0.3, 0.4) is 0 Å². The Balaban J connectivity index is 1.44. The monoisotopic (exact) mass is 459 g/mol. The highest BCUT2D eigenvalue weighted by molar-refractivity contribution is 7.92. The largest absolute Gasteiger partial charge is 0.495 e. The molecule has 1 aliphatic rings. The van der Waals surface area contributed by atoms with Crippen LogP contribution in [0.15, 0.2) is 48.5 Å². The molecule has 7 nitrogen and oxygen atoms in total. The number of anilines is 2. The number of Topliss-reactive ketones (excluding diaryl/α,β-unsaturated/α-hetero) is 1. The van der Waals surface area contributed by atoms with Crippen LogP contribution in [0.5, 0.6) is 5.75 Å². The van der Waals surface area contributed by atoms with Crippen LogP contribution in [0.25, 0.3) is 0 Å². The van der Waals surface area contributed by atoms with Crippen molar-refractivity contribution >= 4 is 27.2 Å². The maximum Gasteiger partial charge on any atom is 0.232 e. The molecule has 0 atom stereocenters. The van der Waals surface area contributed by atoms with Crippen LogP contribution < -0.4 is 14.4 Å². The maximum absolute atomic E-state index is 12.6. The van der Waals surface area contributed by atoms with Crippen molar-refractivity contribution in [3.05, 3.63) is 54.1 Å². The predicted molar refractivity (Wildman–Crippen MR) is 129 cm³/mol. The molecule has 0 aliphatic carbocycles. The molecule has 2 aromatic rings. The van der Waals surface area contributed by atoms with Crippen LogP contribution in [0.2, 0.25) is 0 Å². The Bertz CT molecular complexity index is 988. The number of piperazine rings is 1. The fraction of sp³-hybridized carbons (Fsp3) is 0.458. The molecular weight excluding hydrogens is 426 g/mol. The highest BCUT2D eigenvalue weighted by Crippen LogP contribution is 2.27. The van der Waals surface area contributed by atoms with Crippen LogP contribution in [0.1, 0.15) is 36.5 Å². The summed E-state index contributed by atoms with van der Waals surface area (Å²) in [6, 6.07) is 15.4. The van der Waals surface area contributed by atoms with Crippen LogP contribution in [0.4, 0.5) is 11.4 Å². The molecule has 174 valence electrons. The summed E-state index contributed by atoms with van der Waals surface area (Å²) >= 11 is 0. The number of carbonyl (C=O) groups is 1. The van der Waals surface area contributed by atoms with Gasteiger partial charge in [0.05, 0.1) is 18.6 Å². The maximum atomic E-state index is 12.6. The molecule has 0 aromatic heterocycles. The number of nitrogens with zero attached hydrogens (tertiary/aromatic N) is 2. The highest BCUT2D eigenvalue weighted by Gasteiger charge is 2.17. The molecule has 0 radical (unpaired) electrons.